The first-order chi connectivity index (χ1) is 15.7. The number of fused-ring (bicyclic) bond motifs is 1. The maximum atomic E-state index is 14.0. The van der Waals surface area contributed by atoms with E-state index in [1.807, 2.05) is 0 Å². The first kappa shape index (κ1) is 22.9. The number of sulfonamides is 1. The van der Waals surface area contributed by atoms with Crippen molar-refractivity contribution in [2.45, 2.75) is 13.5 Å². The molecule has 33 heavy (non-hydrogen) atoms. The summed E-state index contributed by atoms with van der Waals surface area (Å²) in [7, 11) is -2.58. The van der Waals surface area contributed by atoms with E-state index in [0.717, 1.165) is 17.7 Å². The second kappa shape index (κ2) is 8.91. The van der Waals surface area contributed by atoms with Crippen LogP contribution in [0.3, 0.4) is 0 Å². The molecule has 11 heteroatoms. The van der Waals surface area contributed by atoms with Crippen molar-refractivity contribution in [3.05, 3.63) is 99.9 Å². The predicted octanol–water partition coefficient (Wildman–Crippen LogP) is 4.01. The van der Waals surface area contributed by atoms with Gasteiger partial charge in [0.15, 0.2) is 0 Å². The number of anilines is 1. The first-order valence-corrected chi connectivity index (χ1v) is 12.0. The minimum absolute atomic E-state index is 0.0455. The van der Waals surface area contributed by atoms with E-state index in [1.165, 1.54) is 42.3 Å². The number of allylic oxidation sites excluding steroid dienone is 2. The fourth-order valence-corrected chi connectivity index (χ4v) is 5.35. The Bertz CT molecular complexity index is 1320. The van der Waals surface area contributed by atoms with Crippen molar-refractivity contribution in [2.75, 3.05) is 11.8 Å². The van der Waals surface area contributed by atoms with Crippen molar-refractivity contribution in [3.63, 3.8) is 0 Å². The average Bonchev–Trinajstić information content (AvgIpc) is 3.24. The summed E-state index contributed by atoms with van der Waals surface area (Å²) < 4.78 is 60.7. The van der Waals surface area contributed by atoms with Crippen LogP contribution >= 0.6 is 12.1 Å². The molecule has 7 nitrogen and oxygen atoms in total. The topological polar surface area (TPSA) is 81.8 Å². The van der Waals surface area contributed by atoms with Crippen molar-refractivity contribution in [3.8, 4) is 0 Å². The van der Waals surface area contributed by atoms with E-state index >= 15 is 0 Å². The Balaban J connectivity index is 1.61. The highest BCUT2D eigenvalue weighted by atomic mass is 32.2. The van der Waals surface area contributed by atoms with Crippen molar-refractivity contribution < 1.29 is 22.0 Å². The molecule has 4 rings (SSSR count). The molecule has 172 valence electrons. The van der Waals surface area contributed by atoms with E-state index in [9.17, 15) is 22.0 Å². The molecule has 0 saturated carbocycles. The van der Waals surface area contributed by atoms with Gasteiger partial charge in [0, 0.05) is 37.6 Å². The van der Waals surface area contributed by atoms with E-state index in [0.29, 0.717) is 5.70 Å². The lowest BCUT2D eigenvalue weighted by Crippen LogP contribution is -2.28. The van der Waals surface area contributed by atoms with Crippen molar-refractivity contribution in [2.24, 2.45) is 0 Å². The van der Waals surface area contributed by atoms with E-state index in [2.05, 4.69) is 9.44 Å². The molecule has 1 amide bonds. The Morgan fingerprint density at radius 1 is 1.21 bits per heavy atom. The molecule has 2 aromatic rings. The van der Waals surface area contributed by atoms with Gasteiger partial charge in [0.05, 0.1) is 29.1 Å². The van der Waals surface area contributed by atoms with Crippen molar-refractivity contribution in [1.82, 2.24) is 13.9 Å². The minimum atomic E-state index is -4.04. The number of nitrogens with zero attached hydrogens (tertiary/aromatic N) is 2. The molecule has 2 N–H and O–H groups in total. The number of rotatable bonds is 6. The lowest BCUT2D eigenvalue weighted by atomic mass is 10.1. The summed E-state index contributed by atoms with van der Waals surface area (Å²) in [5, 5.41) is 0. The Morgan fingerprint density at radius 3 is 2.76 bits per heavy atom. The van der Waals surface area contributed by atoms with Crippen LogP contribution in [0.25, 0.3) is 0 Å². The number of halogens is 2. The third-order valence-corrected chi connectivity index (χ3v) is 7.17. The van der Waals surface area contributed by atoms with Crippen LogP contribution in [-0.4, -0.2) is 30.6 Å². The number of benzene rings is 2. The third-order valence-electron chi connectivity index (χ3n) is 5.01. The summed E-state index contributed by atoms with van der Waals surface area (Å²) >= 11 is 1.23. The van der Waals surface area contributed by atoms with Crippen LogP contribution in [0.2, 0.25) is 0 Å². The highest BCUT2D eigenvalue weighted by molar-refractivity contribution is 7.97. The van der Waals surface area contributed by atoms with Gasteiger partial charge in [0.1, 0.15) is 16.5 Å². The highest BCUT2D eigenvalue weighted by Gasteiger charge is 2.31. The van der Waals surface area contributed by atoms with E-state index in [-0.39, 0.29) is 28.3 Å². The number of carbonyl (C=O) groups excluding carboxylic acids is 1. The largest absolute Gasteiger partial charge is 0.337 e. The van der Waals surface area contributed by atoms with Gasteiger partial charge in [-0.25, -0.2) is 17.2 Å². The molecular formula is C22H20F2N4O3S2. The lowest BCUT2D eigenvalue weighted by Gasteiger charge is -2.23. The number of nitrogens with one attached hydrogen (secondary N) is 2. The SMILES string of the molecule is Cc1ccc(C(=O)N(C)Cc2ccc(F)cc2F)c(NS(=O)(=O)C2=CC=CN3SNC=C23)c1. The normalized spacial score (nSPS) is 14.8. The summed E-state index contributed by atoms with van der Waals surface area (Å²) in [6.07, 6.45) is 6.38. The van der Waals surface area contributed by atoms with Gasteiger partial charge in [-0.05, 0) is 42.8 Å². The molecule has 2 aliphatic rings. The second-order valence-corrected chi connectivity index (χ2v) is 9.95. The van der Waals surface area contributed by atoms with E-state index in [1.54, 1.807) is 41.8 Å². The van der Waals surface area contributed by atoms with Crippen LogP contribution in [0.1, 0.15) is 21.5 Å². The zero-order valence-corrected chi connectivity index (χ0v) is 19.3. The summed E-state index contributed by atoms with van der Waals surface area (Å²) in [6, 6.07) is 7.89. The first-order valence-electron chi connectivity index (χ1n) is 9.79. The molecule has 0 radical (unpaired) electrons. The number of carbonyl (C=O) groups is 1. The molecule has 2 heterocycles. The summed E-state index contributed by atoms with van der Waals surface area (Å²) in [5.74, 6) is -2.00. The molecule has 0 unspecified atom stereocenters. The van der Waals surface area contributed by atoms with Crippen LogP contribution in [0, 0.1) is 18.6 Å². The fourth-order valence-electron chi connectivity index (χ4n) is 3.38. The zero-order chi connectivity index (χ0) is 23.8. The monoisotopic (exact) mass is 490 g/mol. The molecule has 0 atom stereocenters. The van der Waals surface area contributed by atoms with Gasteiger partial charge in [-0.1, -0.05) is 12.1 Å². The molecular weight excluding hydrogens is 470 g/mol. The summed E-state index contributed by atoms with van der Waals surface area (Å²) in [5.41, 5.74) is 1.55. The molecule has 0 spiro atoms. The molecule has 0 aliphatic carbocycles. The summed E-state index contributed by atoms with van der Waals surface area (Å²) in [4.78, 5) is 14.4. The van der Waals surface area contributed by atoms with Crippen LogP contribution < -0.4 is 9.44 Å². The minimum Gasteiger partial charge on any atom is -0.337 e. The Hall–Kier alpha value is -3.31. The smallest absolute Gasteiger partial charge is 0.264 e. The zero-order valence-electron chi connectivity index (χ0n) is 17.7. The predicted molar refractivity (Wildman–Crippen MR) is 124 cm³/mol. The lowest BCUT2D eigenvalue weighted by molar-refractivity contribution is 0.0785. The molecule has 0 fully saturated rings. The van der Waals surface area contributed by atoms with Gasteiger partial charge in [0.2, 0.25) is 0 Å². The number of hydrogen-bond acceptors (Lipinski definition) is 6. The summed E-state index contributed by atoms with van der Waals surface area (Å²) in [6.45, 7) is 1.65. The molecule has 0 aromatic heterocycles. The number of hydrogen-bond donors (Lipinski definition) is 2. The molecule has 2 aliphatic heterocycles. The maximum absolute atomic E-state index is 14.0. The maximum Gasteiger partial charge on any atom is 0.264 e. The number of amides is 1. The van der Waals surface area contributed by atoms with Gasteiger partial charge >= 0.3 is 0 Å². The Kier molecular flexibility index (Phi) is 6.17. The van der Waals surface area contributed by atoms with Gasteiger partial charge in [0.25, 0.3) is 15.9 Å². The van der Waals surface area contributed by atoms with Crippen LogP contribution in [0.15, 0.2) is 71.6 Å². The van der Waals surface area contributed by atoms with Crippen molar-refractivity contribution >= 4 is 33.8 Å². The van der Waals surface area contributed by atoms with Crippen LogP contribution in [0.4, 0.5) is 14.5 Å². The second-order valence-electron chi connectivity index (χ2n) is 7.49. The Morgan fingerprint density at radius 2 is 2.00 bits per heavy atom. The van der Waals surface area contributed by atoms with E-state index in [4.69, 9.17) is 0 Å². The van der Waals surface area contributed by atoms with Crippen LogP contribution in [-0.2, 0) is 16.6 Å². The molecule has 0 bridgehead atoms. The quantitative estimate of drug-likeness (QED) is 0.596. The fraction of sp³-hybridized carbons (Fsp3) is 0.136. The number of aryl methyl sites for hydroxylation is 1. The van der Waals surface area contributed by atoms with Crippen molar-refractivity contribution in [1.29, 1.82) is 0 Å². The van der Waals surface area contributed by atoms with Crippen LogP contribution in [0.5, 0.6) is 0 Å². The van der Waals surface area contributed by atoms with Gasteiger partial charge in [-0.2, -0.15) is 0 Å². The average molecular weight is 491 g/mol. The van der Waals surface area contributed by atoms with Gasteiger partial charge in [-0.3, -0.25) is 13.8 Å². The van der Waals surface area contributed by atoms with Gasteiger partial charge in [-0.15, -0.1) is 0 Å². The molecule has 0 saturated heterocycles. The Labute approximate surface area is 194 Å². The van der Waals surface area contributed by atoms with Gasteiger partial charge < -0.3 is 9.62 Å². The standard InChI is InChI=1S/C22H20F2N4O3S2/c1-14-5-8-17(22(29)27(2)13-15-6-7-16(23)11-18(15)24)19(10-14)26-33(30,31)21-4-3-9-28-20(21)12-25-32-28/h3-12,25-26H,13H2,1-2H3. The highest BCUT2D eigenvalue weighted by Crippen LogP contribution is 2.34. The third kappa shape index (κ3) is 4.74. The molecule has 2 aromatic carbocycles. The van der Waals surface area contributed by atoms with E-state index < -0.39 is 27.6 Å².